The Bertz CT molecular complexity index is 1420. The van der Waals surface area contributed by atoms with Crippen LogP contribution in [0.15, 0.2) is 70.5 Å². The maximum absolute atomic E-state index is 12.9. The molecular formula is C22H17N5O5. The van der Waals surface area contributed by atoms with Gasteiger partial charge >= 0.3 is 5.69 Å². The van der Waals surface area contributed by atoms with E-state index >= 15 is 0 Å². The molecule has 0 radical (unpaired) electrons. The van der Waals surface area contributed by atoms with Crippen molar-refractivity contribution in [3.8, 4) is 22.8 Å². The molecule has 0 atom stereocenters. The number of hydrogen-bond donors (Lipinski definition) is 3. The second kappa shape index (κ2) is 7.91. The van der Waals surface area contributed by atoms with Gasteiger partial charge in [-0.1, -0.05) is 18.2 Å². The molecule has 160 valence electrons. The van der Waals surface area contributed by atoms with Gasteiger partial charge in [-0.2, -0.15) is 5.10 Å². The molecule has 10 nitrogen and oxygen atoms in total. The number of benzene rings is 2. The highest BCUT2D eigenvalue weighted by molar-refractivity contribution is 6.04. The molecule has 1 aliphatic heterocycles. The highest BCUT2D eigenvalue weighted by Gasteiger charge is 2.17. The van der Waals surface area contributed by atoms with Crippen LogP contribution < -0.4 is 26.0 Å². The van der Waals surface area contributed by atoms with Crippen LogP contribution in [0.4, 0.5) is 5.69 Å². The fourth-order valence-electron chi connectivity index (χ4n) is 3.42. The Kier molecular flexibility index (Phi) is 4.79. The average Bonchev–Trinajstić information content (AvgIpc) is 3.48. The van der Waals surface area contributed by atoms with E-state index in [4.69, 9.17) is 9.47 Å². The minimum Gasteiger partial charge on any atom is -0.454 e. The van der Waals surface area contributed by atoms with Crippen LogP contribution in [0.25, 0.3) is 11.3 Å². The summed E-state index contributed by atoms with van der Waals surface area (Å²) in [4.78, 5) is 40.5. The van der Waals surface area contributed by atoms with Crippen molar-refractivity contribution in [1.82, 2.24) is 19.7 Å². The van der Waals surface area contributed by atoms with Gasteiger partial charge in [0.2, 0.25) is 6.79 Å². The van der Waals surface area contributed by atoms with Gasteiger partial charge in [0.1, 0.15) is 5.56 Å². The van der Waals surface area contributed by atoms with E-state index in [9.17, 15) is 14.4 Å². The first-order valence-electron chi connectivity index (χ1n) is 9.71. The molecule has 32 heavy (non-hydrogen) atoms. The van der Waals surface area contributed by atoms with Crippen molar-refractivity contribution in [3.63, 3.8) is 0 Å². The predicted molar refractivity (Wildman–Crippen MR) is 115 cm³/mol. The van der Waals surface area contributed by atoms with Gasteiger partial charge in [-0.25, -0.2) is 4.79 Å². The Hall–Kier alpha value is -4.60. The number of anilines is 1. The first kappa shape index (κ1) is 19.4. The summed E-state index contributed by atoms with van der Waals surface area (Å²) in [5, 5.41) is 9.47. The third-order valence-electron chi connectivity index (χ3n) is 5.02. The molecule has 0 saturated heterocycles. The van der Waals surface area contributed by atoms with Crippen LogP contribution in [0.2, 0.25) is 0 Å². The Morgan fingerprint density at radius 1 is 1.09 bits per heavy atom. The van der Waals surface area contributed by atoms with Gasteiger partial charge in [-0.3, -0.25) is 19.3 Å². The largest absolute Gasteiger partial charge is 0.454 e. The zero-order valence-corrected chi connectivity index (χ0v) is 16.6. The lowest BCUT2D eigenvalue weighted by Gasteiger charge is -2.09. The molecule has 10 heteroatoms. The first-order valence-corrected chi connectivity index (χ1v) is 9.71. The molecule has 0 bridgehead atoms. The van der Waals surface area contributed by atoms with E-state index in [0.717, 1.165) is 22.0 Å². The molecule has 2 aromatic carbocycles. The molecule has 0 unspecified atom stereocenters. The number of carbonyl (C=O) groups excluding carboxylic acids is 1. The zero-order valence-electron chi connectivity index (χ0n) is 16.6. The lowest BCUT2D eigenvalue weighted by molar-refractivity contribution is 0.102. The minimum atomic E-state index is -0.700. The Morgan fingerprint density at radius 2 is 1.97 bits per heavy atom. The van der Waals surface area contributed by atoms with E-state index < -0.39 is 17.2 Å². The van der Waals surface area contributed by atoms with E-state index in [0.29, 0.717) is 22.7 Å². The summed E-state index contributed by atoms with van der Waals surface area (Å²) in [5.41, 5.74) is 1.26. The number of ether oxygens (including phenoxy) is 2. The van der Waals surface area contributed by atoms with E-state index in [1.54, 1.807) is 48.7 Å². The van der Waals surface area contributed by atoms with Crippen molar-refractivity contribution < 1.29 is 14.3 Å². The SMILES string of the molecule is O=C(Nc1cccc(-c2ccn[nH]2)c1)c1c[nH]c(=O)n(Cc2ccc3c(c2)OCO3)c1=O. The molecule has 5 rings (SSSR count). The number of amides is 1. The quantitative estimate of drug-likeness (QED) is 0.443. The molecule has 0 aliphatic carbocycles. The molecule has 1 aliphatic rings. The van der Waals surface area contributed by atoms with Gasteiger partial charge in [-0.05, 0) is 35.9 Å². The zero-order chi connectivity index (χ0) is 22.1. The Balaban J connectivity index is 1.41. The van der Waals surface area contributed by atoms with Crippen molar-refractivity contribution in [2.24, 2.45) is 0 Å². The maximum atomic E-state index is 12.9. The van der Waals surface area contributed by atoms with Crippen molar-refractivity contribution >= 4 is 11.6 Å². The molecule has 2 aromatic heterocycles. The smallest absolute Gasteiger partial charge is 0.328 e. The average molecular weight is 431 g/mol. The highest BCUT2D eigenvalue weighted by atomic mass is 16.7. The van der Waals surface area contributed by atoms with Crippen LogP contribution in [0.1, 0.15) is 15.9 Å². The summed E-state index contributed by atoms with van der Waals surface area (Å²) in [6.45, 7) is 0.0950. The third-order valence-corrected chi connectivity index (χ3v) is 5.02. The second-order valence-corrected chi connectivity index (χ2v) is 7.09. The van der Waals surface area contributed by atoms with Gasteiger partial charge in [0.25, 0.3) is 11.5 Å². The summed E-state index contributed by atoms with van der Waals surface area (Å²) in [6.07, 6.45) is 2.75. The van der Waals surface area contributed by atoms with Crippen LogP contribution in [0, 0.1) is 0 Å². The first-order chi connectivity index (χ1) is 15.6. The maximum Gasteiger partial charge on any atom is 0.328 e. The van der Waals surface area contributed by atoms with Crippen molar-refractivity contribution in [3.05, 3.63) is 92.9 Å². The van der Waals surface area contributed by atoms with Crippen LogP contribution >= 0.6 is 0 Å². The molecule has 0 fully saturated rings. The van der Waals surface area contributed by atoms with E-state index in [1.165, 1.54) is 0 Å². The molecule has 0 spiro atoms. The van der Waals surface area contributed by atoms with Crippen molar-refractivity contribution in [1.29, 1.82) is 0 Å². The van der Waals surface area contributed by atoms with E-state index in [1.807, 2.05) is 6.07 Å². The van der Waals surface area contributed by atoms with Crippen LogP contribution in [0.5, 0.6) is 11.5 Å². The van der Waals surface area contributed by atoms with E-state index in [-0.39, 0.29) is 18.9 Å². The molecule has 3 N–H and O–H groups in total. The summed E-state index contributed by atoms with van der Waals surface area (Å²) in [7, 11) is 0. The molecule has 3 heterocycles. The van der Waals surface area contributed by atoms with Gasteiger partial charge < -0.3 is 19.8 Å². The van der Waals surface area contributed by atoms with Gasteiger partial charge in [0, 0.05) is 23.6 Å². The second-order valence-electron chi connectivity index (χ2n) is 7.09. The predicted octanol–water partition coefficient (Wildman–Crippen LogP) is 1.96. The number of aromatic nitrogens is 4. The fraction of sp³-hybridized carbons (Fsp3) is 0.0909. The van der Waals surface area contributed by atoms with Crippen molar-refractivity contribution in [2.75, 3.05) is 12.1 Å². The monoisotopic (exact) mass is 431 g/mol. The number of aromatic amines is 2. The minimum absolute atomic E-state index is 0.0266. The van der Waals surface area contributed by atoms with Gasteiger partial charge in [0.15, 0.2) is 11.5 Å². The number of carbonyl (C=O) groups is 1. The highest BCUT2D eigenvalue weighted by Crippen LogP contribution is 2.32. The summed E-state index contributed by atoms with van der Waals surface area (Å²) < 4.78 is 11.6. The van der Waals surface area contributed by atoms with Gasteiger partial charge in [0.05, 0.1) is 12.2 Å². The van der Waals surface area contributed by atoms with Crippen molar-refractivity contribution in [2.45, 2.75) is 6.54 Å². The van der Waals surface area contributed by atoms with E-state index in [2.05, 4.69) is 20.5 Å². The van der Waals surface area contributed by atoms with Crippen LogP contribution in [-0.2, 0) is 6.54 Å². The molecule has 1 amide bonds. The lowest BCUT2D eigenvalue weighted by Crippen LogP contribution is -2.39. The Morgan fingerprint density at radius 3 is 2.81 bits per heavy atom. The number of nitrogens with one attached hydrogen (secondary N) is 3. The Labute approximate surface area is 180 Å². The molecule has 4 aromatic rings. The normalized spacial score (nSPS) is 12.0. The number of H-pyrrole nitrogens is 2. The standard InChI is InChI=1S/C22H17N5O5/c28-20(25-15-3-1-2-14(9-15)17-6-7-24-26-17)16-10-23-22(30)27(21(16)29)11-13-4-5-18-19(8-13)32-12-31-18/h1-10H,11-12H2,(H,23,30)(H,24,26)(H,25,28). The summed E-state index contributed by atoms with van der Waals surface area (Å²) >= 11 is 0. The number of hydrogen-bond acceptors (Lipinski definition) is 6. The summed E-state index contributed by atoms with van der Waals surface area (Å²) in [6, 6.07) is 14.0. The number of rotatable bonds is 5. The molecular weight excluding hydrogens is 414 g/mol. The van der Waals surface area contributed by atoms with Crippen LogP contribution in [0.3, 0.4) is 0 Å². The van der Waals surface area contributed by atoms with Crippen LogP contribution in [-0.4, -0.2) is 32.4 Å². The lowest BCUT2D eigenvalue weighted by atomic mass is 10.1. The fourth-order valence-corrected chi connectivity index (χ4v) is 3.42. The molecule has 0 saturated carbocycles. The topological polar surface area (TPSA) is 131 Å². The summed E-state index contributed by atoms with van der Waals surface area (Å²) in [5.74, 6) is 0.506. The third kappa shape index (κ3) is 3.65. The number of fused-ring (bicyclic) bond motifs is 1. The van der Waals surface area contributed by atoms with Gasteiger partial charge in [-0.15, -0.1) is 0 Å². The number of nitrogens with zero attached hydrogens (tertiary/aromatic N) is 2.